The number of hydrogen-bond donors (Lipinski definition) is 0. The second kappa shape index (κ2) is 15.8. The first kappa shape index (κ1) is 33.1. The number of terminal acetylenes is 1. The van der Waals surface area contributed by atoms with Crippen molar-refractivity contribution in [3.63, 3.8) is 0 Å². The second-order valence-corrected chi connectivity index (χ2v) is 9.16. The Bertz CT molecular complexity index is 1400. The molecule has 44 heavy (non-hydrogen) atoms. The number of nitrogens with zero attached hydrogens (tertiary/aromatic N) is 1. The van der Waals surface area contributed by atoms with Gasteiger partial charge in [0, 0.05) is 51.0 Å². The number of hydrogen-bond acceptors (Lipinski definition) is 14. The van der Waals surface area contributed by atoms with E-state index in [9.17, 15) is 29.3 Å². The van der Waals surface area contributed by atoms with Crippen molar-refractivity contribution >= 4 is 29.8 Å². The van der Waals surface area contributed by atoms with Crippen molar-refractivity contribution in [1.29, 1.82) is 0 Å². The first-order chi connectivity index (χ1) is 20.9. The predicted molar refractivity (Wildman–Crippen MR) is 146 cm³/mol. The van der Waals surface area contributed by atoms with Crippen molar-refractivity contribution in [2.24, 2.45) is 0 Å². The molecule has 3 rings (SSSR count). The van der Waals surface area contributed by atoms with E-state index in [1.54, 1.807) is 0 Å². The number of rotatable bonds is 12. The lowest BCUT2D eigenvalue weighted by atomic mass is 10.0. The Morgan fingerprint density at radius 2 is 1.66 bits per heavy atom. The molecule has 0 N–H and O–H groups in total. The molecule has 2 aromatic carbocycles. The molecule has 1 heterocycles. The first-order valence-corrected chi connectivity index (χ1v) is 13.0. The summed E-state index contributed by atoms with van der Waals surface area (Å²) < 4.78 is 43.5. The van der Waals surface area contributed by atoms with Gasteiger partial charge in [-0.25, -0.2) is 4.79 Å². The van der Waals surface area contributed by atoms with E-state index in [0.717, 1.165) is 0 Å². The highest BCUT2D eigenvalue weighted by Gasteiger charge is 2.45. The van der Waals surface area contributed by atoms with Gasteiger partial charge < -0.3 is 37.9 Å². The van der Waals surface area contributed by atoms with Crippen LogP contribution in [0.25, 0.3) is 0 Å². The lowest BCUT2D eigenvalue weighted by Crippen LogP contribution is -2.55. The number of benzene rings is 2. The molecule has 1 aliphatic heterocycles. The SMILES string of the molecule is C#CCOc1cc(OC2O[C@H](COC(C)=O)C[C@H](OC(C)=O)[C@H]2OC(C)=O)ccc1COC(=O)Oc1ccc([N+](=O)[O-])cc1. The van der Waals surface area contributed by atoms with E-state index in [1.165, 1.54) is 63.2 Å². The fourth-order valence-corrected chi connectivity index (χ4v) is 3.97. The number of nitro groups is 1. The van der Waals surface area contributed by atoms with Gasteiger partial charge in [-0.2, -0.15) is 0 Å². The van der Waals surface area contributed by atoms with E-state index in [-0.39, 0.29) is 49.2 Å². The number of carbonyl (C=O) groups excluding carboxylic acids is 4. The molecule has 1 saturated heterocycles. The predicted octanol–water partition coefficient (Wildman–Crippen LogP) is 3.24. The Balaban J connectivity index is 1.77. The van der Waals surface area contributed by atoms with E-state index in [1.807, 2.05) is 0 Å². The first-order valence-electron chi connectivity index (χ1n) is 13.0. The van der Waals surface area contributed by atoms with Gasteiger partial charge in [-0.15, -0.1) is 6.42 Å². The largest absolute Gasteiger partial charge is 0.514 e. The molecule has 234 valence electrons. The van der Waals surface area contributed by atoms with Crippen LogP contribution >= 0.6 is 0 Å². The summed E-state index contributed by atoms with van der Waals surface area (Å²) in [7, 11) is 0. The molecule has 0 amide bonds. The third-order valence-corrected chi connectivity index (χ3v) is 5.74. The van der Waals surface area contributed by atoms with Gasteiger partial charge in [0.05, 0.1) is 11.0 Å². The van der Waals surface area contributed by atoms with Crippen LogP contribution < -0.4 is 14.2 Å². The summed E-state index contributed by atoms with van der Waals surface area (Å²) in [5, 5.41) is 10.8. The summed E-state index contributed by atoms with van der Waals surface area (Å²) in [6.07, 6.45) is 0.0523. The van der Waals surface area contributed by atoms with Crippen molar-refractivity contribution in [3.05, 3.63) is 58.1 Å². The van der Waals surface area contributed by atoms with Gasteiger partial charge in [0.15, 0.2) is 0 Å². The summed E-state index contributed by atoms with van der Waals surface area (Å²) in [4.78, 5) is 57.4. The molecule has 1 fully saturated rings. The van der Waals surface area contributed by atoms with Crippen LogP contribution in [0.3, 0.4) is 0 Å². The van der Waals surface area contributed by atoms with Crippen LogP contribution in [0.2, 0.25) is 0 Å². The fourth-order valence-electron chi connectivity index (χ4n) is 3.97. The lowest BCUT2D eigenvalue weighted by Gasteiger charge is -2.39. The Kier molecular flexibility index (Phi) is 11.9. The minimum Gasteiger partial charge on any atom is -0.480 e. The topological polar surface area (TPSA) is 185 Å². The molecule has 15 heteroatoms. The molecular weight excluding hydrogens is 586 g/mol. The van der Waals surface area contributed by atoms with Crippen LogP contribution in [-0.2, 0) is 44.7 Å². The molecule has 15 nitrogen and oxygen atoms in total. The van der Waals surface area contributed by atoms with Gasteiger partial charge in [-0.3, -0.25) is 24.5 Å². The molecule has 0 aromatic heterocycles. The monoisotopic (exact) mass is 615 g/mol. The zero-order chi connectivity index (χ0) is 32.2. The smallest absolute Gasteiger partial charge is 0.480 e. The summed E-state index contributed by atoms with van der Waals surface area (Å²) in [5.41, 5.74) is 0.183. The van der Waals surface area contributed by atoms with Crippen LogP contribution in [0.5, 0.6) is 17.2 Å². The second-order valence-electron chi connectivity index (χ2n) is 9.16. The van der Waals surface area contributed by atoms with Crippen molar-refractivity contribution in [3.8, 4) is 29.6 Å². The maximum Gasteiger partial charge on any atom is 0.514 e. The summed E-state index contributed by atoms with van der Waals surface area (Å²) >= 11 is 0. The summed E-state index contributed by atoms with van der Waals surface area (Å²) in [6.45, 7) is 2.93. The van der Waals surface area contributed by atoms with Crippen molar-refractivity contribution in [1.82, 2.24) is 0 Å². The zero-order valence-corrected chi connectivity index (χ0v) is 23.9. The highest BCUT2D eigenvalue weighted by atomic mass is 16.7. The molecule has 0 aliphatic carbocycles. The molecule has 0 spiro atoms. The fraction of sp³-hybridized carbons (Fsp3) is 0.379. The molecule has 0 radical (unpaired) electrons. The molecule has 4 atom stereocenters. The van der Waals surface area contributed by atoms with E-state index < -0.39 is 53.6 Å². The number of ether oxygens (including phenoxy) is 8. The van der Waals surface area contributed by atoms with Crippen molar-refractivity contribution in [2.45, 2.75) is 58.4 Å². The normalized spacial score (nSPS) is 19.0. The van der Waals surface area contributed by atoms with Crippen molar-refractivity contribution < 1.29 is 62.0 Å². The van der Waals surface area contributed by atoms with Crippen LogP contribution in [0.1, 0.15) is 32.8 Å². The quantitative estimate of drug-likeness (QED) is 0.0846. The summed E-state index contributed by atoms with van der Waals surface area (Å²) in [6, 6.07) is 9.23. The Morgan fingerprint density at radius 1 is 0.977 bits per heavy atom. The van der Waals surface area contributed by atoms with Crippen LogP contribution in [0, 0.1) is 22.5 Å². The third kappa shape index (κ3) is 10.2. The van der Waals surface area contributed by atoms with Crippen LogP contribution in [0.15, 0.2) is 42.5 Å². The van der Waals surface area contributed by atoms with Gasteiger partial charge >= 0.3 is 24.1 Å². The molecule has 2 aromatic rings. The minimum atomic E-state index is -1.31. The molecule has 1 aliphatic rings. The van der Waals surface area contributed by atoms with E-state index in [2.05, 4.69) is 5.92 Å². The van der Waals surface area contributed by atoms with E-state index in [4.69, 9.17) is 44.3 Å². The lowest BCUT2D eigenvalue weighted by molar-refractivity contribution is -0.384. The third-order valence-electron chi connectivity index (χ3n) is 5.74. The van der Waals surface area contributed by atoms with Gasteiger partial charge in [-0.05, 0) is 24.3 Å². The number of esters is 3. The highest BCUT2D eigenvalue weighted by Crippen LogP contribution is 2.32. The Labute approximate surface area is 251 Å². The average molecular weight is 616 g/mol. The Hall–Kier alpha value is -5.36. The average Bonchev–Trinajstić information content (AvgIpc) is 2.95. The minimum absolute atomic E-state index is 0.0297. The van der Waals surface area contributed by atoms with Crippen LogP contribution in [0.4, 0.5) is 10.5 Å². The maximum absolute atomic E-state index is 12.2. The zero-order valence-electron chi connectivity index (χ0n) is 23.9. The van der Waals surface area contributed by atoms with E-state index in [0.29, 0.717) is 5.56 Å². The van der Waals surface area contributed by atoms with Gasteiger partial charge in [-0.1, -0.05) is 5.92 Å². The number of carbonyl (C=O) groups is 4. The molecular formula is C29H29NO14. The van der Waals surface area contributed by atoms with Gasteiger partial charge in [0.2, 0.25) is 12.4 Å². The van der Waals surface area contributed by atoms with Crippen LogP contribution in [-0.4, -0.2) is 66.8 Å². The maximum atomic E-state index is 12.2. The van der Waals surface area contributed by atoms with Gasteiger partial charge in [0.25, 0.3) is 5.69 Å². The Morgan fingerprint density at radius 3 is 2.27 bits per heavy atom. The van der Waals surface area contributed by atoms with Gasteiger partial charge in [0.1, 0.15) is 43.2 Å². The molecule has 0 saturated carbocycles. The number of non-ortho nitro benzene ring substituents is 1. The number of nitro benzene ring substituents is 1. The van der Waals surface area contributed by atoms with Crippen molar-refractivity contribution in [2.75, 3.05) is 13.2 Å². The molecule has 1 unspecified atom stereocenters. The van der Waals surface area contributed by atoms with E-state index >= 15 is 0 Å². The summed E-state index contributed by atoms with van der Waals surface area (Å²) in [5.74, 6) is 0.780. The highest BCUT2D eigenvalue weighted by molar-refractivity contribution is 5.67. The molecule has 0 bridgehead atoms. The standard InChI is InChI=1S/C29H29NO14/c1-5-12-37-25-13-23(9-6-20(25)15-39-29(34)44-22-10-7-21(8-11-22)30(35)36)42-28-27(41-19(4)33)26(40-18(3)32)14-24(43-28)16-38-17(2)31/h1,6-11,13,24,26-28H,12,14-16H2,2-4H3/t24-,26-,27+,28?/m0/s1.